The van der Waals surface area contributed by atoms with Crippen LogP contribution in [0.2, 0.25) is 0 Å². The first-order valence-corrected chi connectivity index (χ1v) is 9.29. The summed E-state index contributed by atoms with van der Waals surface area (Å²) in [6.07, 6.45) is 4.59. The molecule has 1 aliphatic rings. The molecule has 1 aliphatic carbocycles. The second-order valence-electron chi connectivity index (χ2n) is 6.98. The number of hydrogen-bond acceptors (Lipinski definition) is 2. The standard InChI is InChI=1S/C22H22N2O3/c1-2-24-19-10-6-5-7-15(19)18-13-14(11-12-20(18)24)23-21(25)16-8-3-4-9-17(16)22(26)27/h3-7,10-13,16-17H,2,8-9H2,1H3,(H,23,25)(H,26,27)/t16-,17-/m1/s1. The summed E-state index contributed by atoms with van der Waals surface area (Å²) in [4.78, 5) is 24.2. The molecular formula is C22H22N2O3. The van der Waals surface area contributed by atoms with Crippen LogP contribution in [0, 0.1) is 11.8 Å². The highest BCUT2D eigenvalue weighted by molar-refractivity contribution is 6.10. The molecule has 0 bridgehead atoms. The van der Waals surface area contributed by atoms with E-state index in [4.69, 9.17) is 0 Å². The second-order valence-corrected chi connectivity index (χ2v) is 6.98. The molecule has 4 rings (SSSR count). The van der Waals surface area contributed by atoms with Gasteiger partial charge in [-0.05, 0) is 44.0 Å². The average Bonchev–Trinajstić information content (AvgIpc) is 3.01. The molecule has 0 radical (unpaired) electrons. The zero-order valence-electron chi connectivity index (χ0n) is 15.2. The van der Waals surface area contributed by atoms with E-state index in [0.717, 1.165) is 22.8 Å². The number of anilines is 1. The van der Waals surface area contributed by atoms with Gasteiger partial charge in [0.15, 0.2) is 0 Å². The number of carboxylic acid groups (broad SMARTS) is 1. The summed E-state index contributed by atoms with van der Waals surface area (Å²) in [5.74, 6) is -2.35. The monoisotopic (exact) mass is 362 g/mol. The Morgan fingerprint density at radius 3 is 2.48 bits per heavy atom. The van der Waals surface area contributed by atoms with E-state index in [2.05, 4.69) is 28.9 Å². The lowest BCUT2D eigenvalue weighted by atomic mass is 9.82. The maximum absolute atomic E-state index is 12.7. The number of nitrogens with one attached hydrogen (secondary N) is 1. The molecule has 1 aromatic heterocycles. The van der Waals surface area contributed by atoms with Crippen LogP contribution in [0.25, 0.3) is 21.8 Å². The summed E-state index contributed by atoms with van der Waals surface area (Å²) >= 11 is 0. The van der Waals surface area contributed by atoms with Gasteiger partial charge in [-0.1, -0.05) is 30.4 Å². The van der Waals surface area contributed by atoms with Crippen LogP contribution in [0.4, 0.5) is 5.69 Å². The van der Waals surface area contributed by atoms with E-state index in [9.17, 15) is 14.7 Å². The Balaban J connectivity index is 1.68. The number of rotatable bonds is 4. The topological polar surface area (TPSA) is 71.3 Å². The zero-order chi connectivity index (χ0) is 19.0. The lowest BCUT2D eigenvalue weighted by Gasteiger charge is -2.24. The first-order chi connectivity index (χ1) is 13.1. The second kappa shape index (κ2) is 6.91. The highest BCUT2D eigenvalue weighted by Crippen LogP contribution is 2.32. The summed E-state index contributed by atoms with van der Waals surface area (Å²) in [5, 5.41) is 14.6. The van der Waals surface area contributed by atoms with Gasteiger partial charge in [-0.15, -0.1) is 0 Å². The van der Waals surface area contributed by atoms with Gasteiger partial charge in [0.25, 0.3) is 0 Å². The molecular weight excluding hydrogens is 340 g/mol. The molecule has 0 saturated carbocycles. The minimum atomic E-state index is -0.916. The summed E-state index contributed by atoms with van der Waals surface area (Å²) < 4.78 is 2.25. The van der Waals surface area contributed by atoms with E-state index >= 15 is 0 Å². The molecule has 2 aromatic carbocycles. The van der Waals surface area contributed by atoms with Gasteiger partial charge in [-0.2, -0.15) is 0 Å². The fourth-order valence-electron chi connectivity index (χ4n) is 4.08. The summed E-state index contributed by atoms with van der Waals surface area (Å²) in [7, 11) is 0. The third kappa shape index (κ3) is 2.99. The Bertz CT molecular complexity index is 1060. The fourth-order valence-corrected chi connectivity index (χ4v) is 4.08. The SMILES string of the molecule is CCn1c2ccccc2c2cc(NC(=O)[C@@H]3CC=CC[C@H]3C(=O)O)ccc21. The van der Waals surface area contributed by atoms with E-state index in [0.29, 0.717) is 18.5 Å². The molecule has 0 unspecified atom stereocenters. The van der Waals surface area contributed by atoms with E-state index in [1.54, 1.807) is 0 Å². The number of allylic oxidation sites excluding steroid dienone is 2. The Kier molecular flexibility index (Phi) is 4.44. The van der Waals surface area contributed by atoms with Crippen LogP contribution in [0.5, 0.6) is 0 Å². The molecule has 3 aromatic rings. The molecule has 2 N–H and O–H groups in total. The molecule has 27 heavy (non-hydrogen) atoms. The number of para-hydroxylation sites is 1. The van der Waals surface area contributed by atoms with Crippen LogP contribution in [-0.2, 0) is 16.1 Å². The molecule has 0 spiro atoms. The van der Waals surface area contributed by atoms with Gasteiger partial charge in [-0.3, -0.25) is 9.59 Å². The van der Waals surface area contributed by atoms with Crippen LogP contribution >= 0.6 is 0 Å². The third-order valence-corrected chi connectivity index (χ3v) is 5.44. The minimum Gasteiger partial charge on any atom is -0.481 e. The Morgan fingerprint density at radius 2 is 1.74 bits per heavy atom. The van der Waals surface area contributed by atoms with Crippen molar-refractivity contribution in [3.63, 3.8) is 0 Å². The molecule has 5 heteroatoms. The highest BCUT2D eigenvalue weighted by atomic mass is 16.4. The van der Waals surface area contributed by atoms with Crippen molar-refractivity contribution >= 4 is 39.4 Å². The van der Waals surface area contributed by atoms with Crippen molar-refractivity contribution in [1.29, 1.82) is 0 Å². The Labute approximate surface area is 157 Å². The smallest absolute Gasteiger partial charge is 0.307 e. The van der Waals surface area contributed by atoms with Crippen molar-refractivity contribution in [3.05, 3.63) is 54.6 Å². The number of carbonyl (C=O) groups is 2. The number of amides is 1. The van der Waals surface area contributed by atoms with Gasteiger partial charge in [-0.25, -0.2) is 0 Å². The largest absolute Gasteiger partial charge is 0.481 e. The number of fused-ring (bicyclic) bond motifs is 3. The van der Waals surface area contributed by atoms with Crippen LogP contribution < -0.4 is 5.32 Å². The molecule has 0 aliphatic heterocycles. The van der Waals surface area contributed by atoms with E-state index in [-0.39, 0.29) is 5.91 Å². The van der Waals surface area contributed by atoms with Crippen LogP contribution in [0.3, 0.4) is 0 Å². The number of benzene rings is 2. The van der Waals surface area contributed by atoms with Gasteiger partial charge < -0.3 is 15.0 Å². The molecule has 5 nitrogen and oxygen atoms in total. The van der Waals surface area contributed by atoms with Gasteiger partial charge in [0, 0.05) is 34.0 Å². The first-order valence-electron chi connectivity index (χ1n) is 9.29. The average molecular weight is 362 g/mol. The molecule has 138 valence electrons. The Morgan fingerprint density at radius 1 is 1.04 bits per heavy atom. The summed E-state index contributed by atoms with van der Waals surface area (Å²) in [6, 6.07) is 14.1. The van der Waals surface area contributed by atoms with Crippen molar-refractivity contribution in [2.45, 2.75) is 26.3 Å². The lowest BCUT2D eigenvalue weighted by molar-refractivity contribution is -0.146. The number of carboxylic acids is 1. The minimum absolute atomic E-state index is 0.231. The van der Waals surface area contributed by atoms with E-state index in [1.165, 1.54) is 5.52 Å². The van der Waals surface area contributed by atoms with Crippen molar-refractivity contribution < 1.29 is 14.7 Å². The Hall–Kier alpha value is -3.08. The highest BCUT2D eigenvalue weighted by Gasteiger charge is 2.34. The van der Waals surface area contributed by atoms with Crippen molar-refractivity contribution in [2.75, 3.05) is 5.32 Å². The van der Waals surface area contributed by atoms with Gasteiger partial charge >= 0.3 is 5.97 Å². The van der Waals surface area contributed by atoms with E-state index in [1.807, 2.05) is 42.5 Å². The number of aromatic nitrogens is 1. The lowest BCUT2D eigenvalue weighted by Crippen LogP contribution is -2.34. The maximum Gasteiger partial charge on any atom is 0.307 e. The van der Waals surface area contributed by atoms with E-state index < -0.39 is 17.8 Å². The molecule has 1 amide bonds. The first kappa shape index (κ1) is 17.3. The fraction of sp³-hybridized carbons (Fsp3) is 0.273. The number of hydrogen-bond donors (Lipinski definition) is 2. The van der Waals surface area contributed by atoms with Crippen LogP contribution in [-0.4, -0.2) is 21.6 Å². The van der Waals surface area contributed by atoms with Gasteiger partial charge in [0.2, 0.25) is 5.91 Å². The van der Waals surface area contributed by atoms with Crippen molar-refractivity contribution in [1.82, 2.24) is 4.57 Å². The van der Waals surface area contributed by atoms with Gasteiger partial charge in [0.05, 0.1) is 11.8 Å². The van der Waals surface area contributed by atoms with Crippen LogP contribution in [0.15, 0.2) is 54.6 Å². The van der Waals surface area contributed by atoms with Crippen LogP contribution in [0.1, 0.15) is 19.8 Å². The van der Waals surface area contributed by atoms with Gasteiger partial charge in [0.1, 0.15) is 0 Å². The van der Waals surface area contributed by atoms with Crippen molar-refractivity contribution in [3.8, 4) is 0 Å². The normalized spacial score (nSPS) is 19.4. The number of nitrogens with zero attached hydrogens (tertiary/aromatic N) is 1. The third-order valence-electron chi connectivity index (χ3n) is 5.44. The summed E-state index contributed by atoms with van der Waals surface area (Å²) in [5.41, 5.74) is 2.99. The number of carbonyl (C=O) groups excluding carboxylic acids is 1. The predicted octanol–water partition coefficient (Wildman–Crippen LogP) is 4.42. The number of aryl methyl sites for hydroxylation is 1. The molecule has 1 heterocycles. The molecule has 2 atom stereocenters. The zero-order valence-corrected chi connectivity index (χ0v) is 15.2. The summed E-state index contributed by atoms with van der Waals surface area (Å²) in [6.45, 7) is 2.98. The predicted molar refractivity (Wildman–Crippen MR) is 107 cm³/mol. The maximum atomic E-state index is 12.7. The van der Waals surface area contributed by atoms with Crippen molar-refractivity contribution in [2.24, 2.45) is 11.8 Å². The molecule has 0 fully saturated rings. The quantitative estimate of drug-likeness (QED) is 0.675. The molecule has 0 saturated heterocycles. The number of aliphatic carboxylic acids is 1.